The quantitative estimate of drug-likeness (QED) is 0.563. The van der Waals surface area contributed by atoms with Crippen LogP contribution in [-0.4, -0.2) is 37.6 Å². The van der Waals surface area contributed by atoms with Crippen molar-refractivity contribution in [1.82, 2.24) is 0 Å². The summed E-state index contributed by atoms with van der Waals surface area (Å²) in [4.78, 5) is 0. The maximum absolute atomic E-state index is 8.79. The minimum Gasteiger partial charge on any atom is -0.391 e. The monoisotopic (exact) mass is 162 g/mol. The summed E-state index contributed by atoms with van der Waals surface area (Å²) in [5, 5.41) is 8.79. The number of hydrogen-bond acceptors (Lipinski definition) is 3. The van der Waals surface area contributed by atoms with Crippen LogP contribution in [0.5, 0.6) is 0 Å². The van der Waals surface area contributed by atoms with E-state index in [1.54, 1.807) is 6.92 Å². The summed E-state index contributed by atoms with van der Waals surface area (Å²) < 4.78 is 10.2. The Bertz CT molecular complexity index is 73.7. The Kier molecular flexibility index (Phi) is 7.89. The predicted molar refractivity (Wildman–Crippen MR) is 43.6 cm³/mol. The maximum atomic E-state index is 8.79. The van der Waals surface area contributed by atoms with Crippen LogP contribution in [0.4, 0.5) is 0 Å². The normalized spacial score (nSPS) is 13.4. The van der Waals surface area contributed by atoms with E-state index in [-0.39, 0.29) is 6.10 Å². The van der Waals surface area contributed by atoms with Crippen molar-refractivity contribution in [2.24, 2.45) is 0 Å². The van der Waals surface area contributed by atoms with Gasteiger partial charge in [0, 0.05) is 6.61 Å². The summed E-state index contributed by atoms with van der Waals surface area (Å²) in [5.74, 6) is 0. The lowest BCUT2D eigenvalue weighted by molar-refractivity contribution is 0.00970. The van der Waals surface area contributed by atoms with Crippen molar-refractivity contribution in [2.75, 3.05) is 26.4 Å². The highest BCUT2D eigenvalue weighted by atomic mass is 16.5. The molecule has 0 unspecified atom stereocenters. The second-order valence-corrected chi connectivity index (χ2v) is 2.54. The van der Waals surface area contributed by atoms with Gasteiger partial charge in [0.1, 0.15) is 0 Å². The van der Waals surface area contributed by atoms with Crippen LogP contribution in [0, 0.1) is 0 Å². The Morgan fingerprint density at radius 3 is 2.36 bits per heavy atom. The highest BCUT2D eigenvalue weighted by Crippen LogP contribution is 1.84. The SMILES string of the molecule is CCCOCCOC[C@@H](C)O. The Balaban J connectivity index is 2.80. The lowest BCUT2D eigenvalue weighted by atomic mass is 10.4. The molecule has 0 rings (SSSR count). The molecule has 0 aliphatic rings. The van der Waals surface area contributed by atoms with Gasteiger partial charge in [-0.05, 0) is 13.3 Å². The first kappa shape index (κ1) is 10.9. The molecule has 0 aromatic heterocycles. The third-order valence-corrected chi connectivity index (χ3v) is 1.08. The first-order valence-electron chi connectivity index (χ1n) is 4.11. The summed E-state index contributed by atoms with van der Waals surface area (Å²) in [6.45, 7) is 6.16. The second-order valence-electron chi connectivity index (χ2n) is 2.54. The van der Waals surface area contributed by atoms with Gasteiger partial charge in [0.15, 0.2) is 0 Å². The van der Waals surface area contributed by atoms with Crippen LogP contribution in [0.15, 0.2) is 0 Å². The molecule has 0 amide bonds. The third-order valence-electron chi connectivity index (χ3n) is 1.08. The van der Waals surface area contributed by atoms with Crippen LogP contribution >= 0.6 is 0 Å². The molecule has 0 spiro atoms. The Morgan fingerprint density at radius 2 is 1.82 bits per heavy atom. The highest BCUT2D eigenvalue weighted by molar-refractivity contribution is 4.40. The smallest absolute Gasteiger partial charge is 0.0745 e. The van der Waals surface area contributed by atoms with E-state index >= 15 is 0 Å². The topological polar surface area (TPSA) is 38.7 Å². The van der Waals surface area contributed by atoms with Gasteiger partial charge in [-0.15, -0.1) is 0 Å². The molecule has 1 atom stereocenters. The van der Waals surface area contributed by atoms with Gasteiger partial charge in [0.25, 0.3) is 0 Å². The standard InChI is InChI=1S/C8H18O3/c1-3-4-10-5-6-11-7-8(2)9/h8-9H,3-7H2,1-2H3/t8-/m1/s1. The number of hydrogen-bond donors (Lipinski definition) is 1. The number of ether oxygens (including phenoxy) is 2. The van der Waals surface area contributed by atoms with Gasteiger partial charge in [-0.3, -0.25) is 0 Å². The van der Waals surface area contributed by atoms with E-state index in [0.717, 1.165) is 13.0 Å². The first-order chi connectivity index (χ1) is 5.27. The molecule has 0 aromatic rings. The summed E-state index contributed by atoms with van der Waals surface area (Å²) in [6, 6.07) is 0. The molecule has 0 heterocycles. The number of aliphatic hydroxyl groups is 1. The van der Waals surface area contributed by atoms with Gasteiger partial charge in [0.05, 0.1) is 25.9 Å². The van der Waals surface area contributed by atoms with Crippen molar-refractivity contribution in [3.05, 3.63) is 0 Å². The van der Waals surface area contributed by atoms with Crippen molar-refractivity contribution >= 4 is 0 Å². The average molecular weight is 162 g/mol. The lowest BCUT2D eigenvalue weighted by Crippen LogP contribution is -2.13. The van der Waals surface area contributed by atoms with E-state index in [2.05, 4.69) is 6.92 Å². The van der Waals surface area contributed by atoms with E-state index in [9.17, 15) is 0 Å². The average Bonchev–Trinajstić information content (AvgIpc) is 1.96. The van der Waals surface area contributed by atoms with Gasteiger partial charge < -0.3 is 14.6 Å². The molecule has 0 fully saturated rings. The molecular formula is C8H18O3. The summed E-state index contributed by atoms with van der Waals surface area (Å²) in [7, 11) is 0. The number of rotatable bonds is 7. The summed E-state index contributed by atoms with van der Waals surface area (Å²) in [5.41, 5.74) is 0. The van der Waals surface area contributed by atoms with Crippen LogP contribution in [0.1, 0.15) is 20.3 Å². The molecule has 0 aromatic carbocycles. The van der Waals surface area contributed by atoms with Crippen molar-refractivity contribution < 1.29 is 14.6 Å². The number of aliphatic hydroxyl groups excluding tert-OH is 1. The van der Waals surface area contributed by atoms with Crippen LogP contribution in [0.25, 0.3) is 0 Å². The van der Waals surface area contributed by atoms with E-state index < -0.39 is 0 Å². The Labute approximate surface area is 68.3 Å². The summed E-state index contributed by atoms with van der Waals surface area (Å²) in [6.07, 6.45) is 0.664. The van der Waals surface area contributed by atoms with E-state index in [4.69, 9.17) is 14.6 Å². The molecule has 3 nitrogen and oxygen atoms in total. The fourth-order valence-electron chi connectivity index (χ4n) is 0.618. The van der Waals surface area contributed by atoms with Crippen molar-refractivity contribution in [3.8, 4) is 0 Å². The zero-order valence-electron chi connectivity index (χ0n) is 7.38. The maximum Gasteiger partial charge on any atom is 0.0745 e. The first-order valence-corrected chi connectivity index (χ1v) is 4.11. The molecule has 0 saturated heterocycles. The van der Waals surface area contributed by atoms with Crippen molar-refractivity contribution in [1.29, 1.82) is 0 Å². The van der Waals surface area contributed by atoms with E-state index in [1.807, 2.05) is 0 Å². The third kappa shape index (κ3) is 9.88. The van der Waals surface area contributed by atoms with Crippen LogP contribution in [-0.2, 0) is 9.47 Å². The minimum absolute atomic E-state index is 0.374. The van der Waals surface area contributed by atoms with Crippen LogP contribution in [0.2, 0.25) is 0 Å². The van der Waals surface area contributed by atoms with E-state index in [0.29, 0.717) is 19.8 Å². The Morgan fingerprint density at radius 1 is 1.18 bits per heavy atom. The summed E-state index contributed by atoms with van der Waals surface area (Å²) >= 11 is 0. The van der Waals surface area contributed by atoms with Crippen molar-refractivity contribution in [3.63, 3.8) is 0 Å². The Hall–Kier alpha value is -0.120. The molecule has 3 heteroatoms. The zero-order chi connectivity index (χ0) is 8.53. The zero-order valence-corrected chi connectivity index (χ0v) is 7.38. The molecule has 11 heavy (non-hydrogen) atoms. The predicted octanol–water partition coefficient (Wildman–Crippen LogP) is 0.810. The fraction of sp³-hybridized carbons (Fsp3) is 1.00. The molecule has 0 saturated carbocycles. The minimum atomic E-state index is -0.374. The van der Waals surface area contributed by atoms with Crippen LogP contribution in [0.3, 0.4) is 0 Å². The lowest BCUT2D eigenvalue weighted by Gasteiger charge is -2.05. The molecule has 0 aliphatic carbocycles. The highest BCUT2D eigenvalue weighted by Gasteiger charge is 1.93. The van der Waals surface area contributed by atoms with E-state index in [1.165, 1.54) is 0 Å². The molecule has 68 valence electrons. The van der Waals surface area contributed by atoms with Crippen molar-refractivity contribution in [2.45, 2.75) is 26.4 Å². The molecule has 0 radical (unpaired) electrons. The second kappa shape index (κ2) is 7.98. The van der Waals surface area contributed by atoms with Gasteiger partial charge in [-0.25, -0.2) is 0 Å². The molecule has 0 aliphatic heterocycles. The van der Waals surface area contributed by atoms with Gasteiger partial charge in [-0.1, -0.05) is 6.92 Å². The molecule has 1 N–H and O–H groups in total. The largest absolute Gasteiger partial charge is 0.391 e. The fourth-order valence-corrected chi connectivity index (χ4v) is 0.618. The van der Waals surface area contributed by atoms with Gasteiger partial charge in [0.2, 0.25) is 0 Å². The molecule has 0 bridgehead atoms. The molecular weight excluding hydrogens is 144 g/mol. The van der Waals surface area contributed by atoms with Gasteiger partial charge in [-0.2, -0.15) is 0 Å². The van der Waals surface area contributed by atoms with Crippen LogP contribution < -0.4 is 0 Å². The van der Waals surface area contributed by atoms with Gasteiger partial charge >= 0.3 is 0 Å².